The Hall–Kier alpha value is -3.54. The van der Waals surface area contributed by atoms with Crippen molar-refractivity contribution >= 4 is 17.1 Å². The molecule has 0 bridgehead atoms. The number of aliphatic imine (C=N–C) groups is 1. The largest absolute Gasteiger partial charge is 0.306 e. The molecule has 6 heteroatoms. The Kier molecular flexibility index (Phi) is 5.13. The highest BCUT2D eigenvalue weighted by atomic mass is 16.1. The molecule has 0 radical (unpaired) electrons. The zero-order chi connectivity index (χ0) is 22.2. The third-order valence-electron chi connectivity index (χ3n) is 7.13. The molecule has 33 heavy (non-hydrogen) atoms. The number of fused-ring (bicyclic) bond motifs is 2. The van der Waals surface area contributed by atoms with Gasteiger partial charge in [-0.25, -0.2) is 4.98 Å². The van der Waals surface area contributed by atoms with E-state index in [0.29, 0.717) is 24.8 Å². The van der Waals surface area contributed by atoms with Crippen LogP contribution in [0.25, 0.3) is 5.65 Å². The molecular formula is C27H27N5O. The number of nitrogens with zero attached hydrogens (tertiary/aromatic N) is 5. The maximum absolute atomic E-state index is 13.2. The number of imidazole rings is 1. The van der Waals surface area contributed by atoms with Gasteiger partial charge in [0.1, 0.15) is 5.65 Å². The van der Waals surface area contributed by atoms with Gasteiger partial charge >= 0.3 is 0 Å². The number of aromatic nitrogens is 4. The summed E-state index contributed by atoms with van der Waals surface area (Å²) in [4.78, 5) is 22.4. The van der Waals surface area contributed by atoms with Crippen LogP contribution in [0.4, 0.5) is 0 Å². The van der Waals surface area contributed by atoms with E-state index in [1.807, 2.05) is 45.9 Å². The normalized spacial score (nSPS) is 20.1. The molecule has 1 aliphatic carbocycles. The van der Waals surface area contributed by atoms with E-state index in [0.717, 1.165) is 47.4 Å². The molecular weight excluding hydrogens is 410 g/mol. The minimum absolute atomic E-state index is 0.249. The lowest BCUT2D eigenvalue weighted by Crippen LogP contribution is -2.22. The first kappa shape index (κ1) is 20.1. The lowest BCUT2D eigenvalue weighted by Gasteiger charge is -2.28. The fourth-order valence-corrected chi connectivity index (χ4v) is 5.47. The van der Waals surface area contributed by atoms with Crippen molar-refractivity contribution < 1.29 is 4.79 Å². The Morgan fingerprint density at radius 1 is 1.06 bits per heavy atom. The molecule has 6 nitrogen and oxygen atoms in total. The number of pyridine rings is 1. The molecule has 1 aromatic carbocycles. The molecule has 166 valence electrons. The maximum Gasteiger partial charge on any atom is 0.163 e. The van der Waals surface area contributed by atoms with Crippen LogP contribution in [0, 0.1) is 11.8 Å². The monoisotopic (exact) mass is 437 g/mol. The van der Waals surface area contributed by atoms with Gasteiger partial charge in [-0.05, 0) is 60.9 Å². The SMILES string of the molecule is O=C(CC1CCCC(Cn2cccn2)C1)c1ccc2c(c1)C(c1ccc3nccn3c1)=NC2. The second kappa shape index (κ2) is 8.43. The first-order valence-electron chi connectivity index (χ1n) is 11.8. The lowest BCUT2D eigenvalue weighted by atomic mass is 9.78. The Labute approximate surface area is 193 Å². The van der Waals surface area contributed by atoms with E-state index < -0.39 is 0 Å². The molecule has 1 fully saturated rings. The average Bonchev–Trinajstić information content (AvgIpc) is 3.59. The predicted octanol–water partition coefficient (Wildman–Crippen LogP) is 4.96. The second-order valence-electron chi connectivity index (χ2n) is 9.40. The molecule has 0 N–H and O–H groups in total. The van der Waals surface area contributed by atoms with Crippen molar-refractivity contribution in [1.82, 2.24) is 19.2 Å². The van der Waals surface area contributed by atoms with Crippen molar-refractivity contribution in [1.29, 1.82) is 0 Å². The third-order valence-corrected chi connectivity index (χ3v) is 7.13. The van der Waals surface area contributed by atoms with Gasteiger partial charge in [0.15, 0.2) is 5.78 Å². The number of carbonyl (C=O) groups excluding carboxylic acids is 1. The number of benzene rings is 1. The van der Waals surface area contributed by atoms with Gasteiger partial charge in [-0.3, -0.25) is 14.5 Å². The van der Waals surface area contributed by atoms with Crippen molar-refractivity contribution in [2.45, 2.75) is 45.2 Å². The summed E-state index contributed by atoms with van der Waals surface area (Å²) in [5.74, 6) is 1.31. The highest BCUT2D eigenvalue weighted by molar-refractivity contribution is 6.16. The molecule has 0 saturated heterocycles. The van der Waals surface area contributed by atoms with Crippen LogP contribution in [0.15, 0.2) is 72.4 Å². The van der Waals surface area contributed by atoms with Gasteiger partial charge in [-0.2, -0.15) is 5.10 Å². The van der Waals surface area contributed by atoms with Crippen LogP contribution < -0.4 is 0 Å². The third kappa shape index (κ3) is 4.01. The summed E-state index contributed by atoms with van der Waals surface area (Å²) >= 11 is 0. The predicted molar refractivity (Wildman–Crippen MR) is 128 cm³/mol. The average molecular weight is 438 g/mol. The molecule has 4 heterocycles. The summed E-state index contributed by atoms with van der Waals surface area (Å²) in [6, 6.07) is 12.2. The fraction of sp³-hybridized carbons (Fsp3) is 0.333. The van der Waals surface area contributed by atoms with Crippen LogP contribution in [-0.4, -0.2) is 30.7 Å². The van der Waals surface area contributed by atoms with E-state index in [2.05, 4.69) is 34.5 Å². The molecule has 0 spiro atoms. The number of carbonyl (C=O) groups is 1. The summed E-state index contributed by atoms with van der Waals surface area (Å²) in [7, 11) is 0. The van der Waals surface area contributed by atoms with Gasteiger partial charge in [0, 0.05) is 60.6 Å². The number of hydrogen-bond donors (Lipinski definition) is 0. The second-order valence-corrected chi connectivity index (χ2v) is 9.40. The summed E-state index contributed by atoms with van der Waals surface area (Å²) in [6.07, 6.45) is 15.0. The lowest BCUT2D eigenvalue weighted by molar-refractivity contribution is 0.0936. The van der Waals surface area contributed by atoms with E-state index in [-0.39, 0.29) is 5.78 Å². The zero-order valence-corrected chi connectivity index (χ0v) is 18.6. The topological polar surface area (TPSA) is 64.5 Å². The quantitative estimate of drug-likeness (QED) is 0.401. The Balaban J connectivity index is 1.18. The standard InChI is InChI=1S/C27H27N5O/c33-25(14-19-3-1-4-20(13-19)17-32-11-2-9-30-32)21-5-6-22-16-29-27(24(22)15-21)23-7-8-26-28-10-12-31(26)18-23/h2,5-12,15,18-20H,1,3-4,13-14,16-17H2. The zero-order valence-electron chi connectivity index (χ0n) is 18.6. The number of ketones is 1. The fourth-order valence-electron chi connectivity index (χ4n) is 5.47. The number of Topliss-reactive ketones (excluding diaryl/α,β-unsaturated/α-hetero) is 1. The van der Waals surface area contributed by atoms with Crippen molar-refractivity contribution in [3.8, 4) is 0 Å². The number of hydrogen-bond acceptors (Lipinski definition) is 4. The van der Waals surface area contributed by atoms with Crippen LogP contribution >= 0.6 is 0 Å². The Morgan fingerprint density at radius 2 is 2.00 bits per heavy atom. The Morgan fingerprint density at radius 3 is 2.91 bits per heavy atom. The molecule has 2 aliphatic rings. The molecule has 2 atom stereocenters. The highest BCUT2D eigenvalue weighted by Crippen LogP contribution is 2.33. The van der Waals surface area contributed by atoms with E-state index in [4.69, 9.17) is 4.99 Å². The van der Waals surface area contributed by atoms with Crippen molar-refractivity contribution in [2.75, 3.05) is 0 Å². The number of rotatable bonds is 6. The molecule has 3 aromatic heterocycles. The first-order valence-corrected chi connectivity index (χ1v) is 11.8. The smallest absolute Gasteiger partial charge is 0.163 e. The van der Waals surface area contributed by atoms with Gasteiger partial charge in [0.25, 0.3) is 0 Å². The molecule has 1 aliphatic heterocycles. The van der Waals surface area contributed by atoms with Crippen molar-refractivity contribution in [3.63, 3.8) is 0 Å². The van der Waals surface area contributed by atoms with Gasteiger partial charge in [-0.1, -0.05) is 18.6 Å². The Bertz CT molecular complexity index is 1330. The van der Waals surface area contributed by atoms with Gasteiger partial charge in [0.2, 0.25) is 0 Å². The summed E-state index contributed by atoms with van der Waals surface area (Å²) in [5, 5.41) is 4.36. The van der Waals surface area contributed by atoms with E-state index >= 15 is 0 Å². The first-order chi connectivity index (χ1) is 16.2. The van der Waals surface area contributed by atoms with E-state index in [9.17, 15) is 4.79 Å². The molecule has 0 amide bonds. The summed E-state index contributed by atoms with van der Waals surface area (Å²) in [6.45, 7) is 1.62. The van der Waals surface area contributed by atoms with Crippen LogP contribution in [0.3, 0.4) is 0 Å². The minimum Gasteiger partial charge on any atom is -0.306 e. The highest BCUT2D eigenvalue weighted by Gasteiger charge is 2.26. The van der Waals surface area contributed by atoms with Crippen LogP contribution in [0.5, 0.6) is 0 Å². The minimum atomic E-state index is 0.249. The molecule has 4 aromatic rings. The van der Waals surface area contributed by atoms with Crippen LogP contribution in [0.1, 0.15) is 59.2 Å². The van der Waals surface area contributed by atoms with Crippen LogP contribution in [-0.2, 0) is 13.1 Å². The van der Waals surface area contributed by atoms with Gasteiger partial charge in [0.05, 0.1) is 12.3 Å². The maximum atomic E-state index is 13.2. The summed E-state index contributed by atoms with van der Waals surface area (Å²) in [5.41, 5.74) is 6.01. The van der Waals surface area contributed by atoms with Crippen molar-refractivity contribution in [2.24, 2.45) is 16.8 Å². The van der Waals surface area contributed by atoms with Gasteiger partial charge < -0.3 is 4.40 Å². The summed E-state index contributed by atoms with van der Waals surface area (Å²) < 4.78 is 4.03. The molecule has 6 rings (SSSR count). The van der Waals surface area contributed by atoms with Gasteiger partial charge in [-0.15, -0.1) is 0 Å². The molecule has 1 saturated carbocycles. The van der Waals surface area contributed by atoms with E-state index in [1.54, 1.807) is 6.20 Å². The molecule has 2 unspecified atom stereocenters. The van der Waals surface area contributed by atoms with Crippen LogP contribution in [0.2, 0.25) is 0 Å². The van der Waals surface area contributed by atoms with Crippen molar-refractivity contribution in [3.05, 3.63) is 89.6 Å². The van der Waals surface area contributed by atoms with E-state index in [1.165, 1.54) is 18.4 Å².